The number of hydrogen-bond donors (Lipinski definition) is 3. The number of guanidine groups is 1. The first-order chi connectivity index (χ1) is 14.7. The Balaban J connectivity index is 0.00000512. The molecule has 10 heteroatoms. The lowest BCUT2D eigenvalue weighted by Crippen LogP contribution is -2.39. The van der Waals surface area contributed by atoms with Gasteiger partial charge in [0.2, 0.25) is 0 Å². The van der Waals surface area contributed by atoms with Gasteiger partial charge in [0.1, 0.15) is 11.5 Å². The third-order valence-electron chi connectivity index (χ3n) is 4.59. The van der Waals surface area contributed by atoms with Crippen LogP contribution in [-0.2, 0) is 6.18 Å². The number of nitrogens with zero attached hydrogens (tertiary/aromatic N) is 1. The molecule has 0 saturated carbocycles. The Morgan fingerprint density at radius 1 is 1.06 bits per heavy atom. The SMILES string of the molecule is CCNC(=NCC(O)c1cc(OC)cc(OC)c1)NC(C)c1cccc(C(F)(F)F)c1.I. The molecular weight excluding hydrogens is 538 g/mol. The van der Waals surface area contributed by atoms with Gasteiger partial charge in [-0.2, -0.15) is 13.2 Å². The Bertz CT molecular complexity index is 872. The average Bonchev–Trinajstić information content (AvgIpc) is 2.76. The number of methoxy groups -OCH3 is 2. The van der Waals surface area contributed by atoms with Crippen molar-refractivity contribution in [3.8, 4) is 11.5 Å². The molecule has 0 bridgehead atoms. The number of benzene rings is 2. The lowest BCUT2D eigenvalue weighted by molar-refractivity contribution is -0.137. The second-order valence-electron chi connectivity index (χ2n) is 6.87. The lowest BCUT2D eigenvalue weighted by atomic mass is 10.1. The maximum absolute atomic E-state index is 13.0. The number of aliphatic imine (C=N–C) groups is 1. The molecule has 32 heavy (non-hydrogen) atoms. The van der Waals surface area contributed by atoms with Crippen molar-refractivity contribution in [3.63, 3.8) is 0 Å². The number of aliphatic hydroxyl groups is 1. The molecule has 0 saturated heterocycles. The van der Waals surface area contributed by atoms with Gasteiger partial charge in [-0.25, -0.2) is 0 Å². The predicted octanol–water partition coefficient (Wildman–Crippen LogP) is 4.69. The Kier molecular flexibility index (Phi) is 11.1. The fraction of sp³-hybridized carbons (Fsp3) is 0.409. The standard InChI is InChI=1S/C22H28F3N3O3.HI/c1-5-26-21(28-14(2)15-7-6-8-17(9-15)22(23,24)25)27-13-20(29)16-10-18(30-3)12-19(11-16)31-4;/h6-12,14,20,29H,5,13H2,1-4H3,(H2,26,27,28);1H. The summed E-state index contributed by atoms with van der Waals surface area (Å²) in [4.78, 5) is 4.38. The van der Waals surface area contributed by atoms with Crippen LogP contribution < -0.4 is 20.1 Å². The van der Waals surface area contributed by atoms with E-state index in [0.29, 0.717) is 35.1 Å². The zero-order valence-electron chi connectivity index (χ0n) is 18.4. The maximum atomic E-state index is 13.0. The van der Waals surface area contributed by atoms with Crippen LogP contribution in [0.1, 0.15) is 42.7 Å². The number of aliphatic hydroxyl groups excluding tert-OH is 1. The van der Waals surface area contributed by atoms with Gasteiger partial charge in [0.15, 0.2) is 5.96 Å². The maximum Gasteiger partial charge on any atom is 0.416 e. The van der Waals surface area contributed by atoms with E-state index in [1.165, 1.54) is 20.3 Å². The lowest BCUT2D eigenvalue weighted by Gasteiger charge is -2.20. The largest absolute Gasteiger partial charge is 0.497 e. The second-order valence-corrected chi connectivity index (χ2v) is 6.87. The second kappa shape index (κ2) is 12.7. The van der Waals surface area contributed by atoms with Crippen molar-refractivity contribution < 1.29 is 27.8 Å². The molecule has 178 valence electrons. The van der Waals surface area contributed by atoms with Crippen LogP contribution in [0.4, 0.5) is 13.2 Å². The van der Waals surface area contributed by atoms with E-state index in [1.54, 1.807) is 31.2 Å². The molecule has 3 N–H and O–H groups in total. The molecule has 0 aromatic heterocycles. The fourth-order valence-corrected chi connectivity index (χ4v) is 2.90. The normalized spacial score (nSPS) is 13.6. The van der Waals surface area contributed by atoms with Crippen molar-refractivity contribution in [2.75, 3.05) is 27.3 Å². The molecule has 0 aliphatic heterocycles. The minimum Gasteiger partial charge on any atom is -0.497 e. The number of rotatable bonds is 8. The minimum absolute atomic E-state index is 0. The molecule has 0 aliphatic rings. The number of hydrogen-bond acceptors (Lipinski definition) is 4. The number of halogens is 4. The molecule has 2 aromatic rings. The summed E-state index contributed by atoms with van der Waals surface area (Å²) in [5, 5.41) is 16.7. The number of alkyl halides is 3. The quantitative estimate of drug-likeness (QED) is 0.245. The van der Waals surface area contributed by atoms with E-state index in [0.717, 1.165) is 12.1 Å². The molecule has 0 heterocycles. The highest BCUT2D eigenvalue weighted by molar-refractivity contribution is 14.0. The van der Waals surface area contributed by atoms with Gasteiger partial charge >= 0.3 is 6.18 Å². The summed E-state index contributed by atoms with van der Waals surface area (Å²) in [5.41, 5.74) is 0.336. The first-order valence-electron chi connectivity index (χ1n) is 9.81. The van der Waals surface area contributed by atoms with E-state index in [4.69, 9.17) is 9.47 Å². The summed E-state index contributed by atoms with van der Waals surface area (Å²) < 4.78 is 49.4. The Morgan fingerprint density at radius 2 is 1.69 bits per heavy atom. The molecule has 0 aliphatic carbocycles. The van der Waals surface area contributed by atoms with Crippen molar-refractivity contribution >= 4 is 29.9 Å². The molecule has 0 spiro atoms. The monoisotopic (exact) mass is 567 g/mol. The molecular formula is C22H29F3IN3O3. The Morgan fingerprint density at radius 3 is 2.22 bits per heavy atom. The van der Waals surface area contributed by atoms with Crippen LogP contribution in [0.25, 0.3) is 0 Å². The van der Waals surface area contributed by atoms with Crippen LogP contribution in [0.2, 0.25) is 0 Å². The van der Waals surface area contributed by atoms with E-state index in [2.05, 4.69) is 15.6 Å². The van der Waals surface area contributed by atoms with E-state index in [1.807, 2.05) is 6.92 Å². The molecule has 2 atom stereocenters. The zero-order valence-corrected chi connectivity index (χ0v) is 20.7. The molecule has 0 amide bonds. The summed E-state index contributed by atoms with van der Waals surface area (Å²) in [6.45, 7) is 4.19. The van der Waals surface area contributed by atoms with Crippen LogP contribution in [0.15, 0.2) is 47.5 Å². The van der Waals surface area contributed by atoms with Crippen LogP contribution in [0.5, 0.6) is 11.5 Å². The summed E-state index contributed by atoms with van der Waals surface area (Å²) in [6.07, 6.45) is -5.33. The van der Waals surface area contributed by atoms with Gasteiger partial charge in [-0.1, -0.05) is 12.1 Å². The third kappa shape index (κ3) is 8.05. The van der Waals surface area contributed by atoms with E-state index >= 15 is 0 Å². The van der Waals surface area contributed by atoms with Crippen LogP contribution in [0.3, 0.4) is 0 Å². The predicted molar refractivity (Wildman–Crippen MR) is 129 cm³/mol. The highest BCUT2D eigenvalue weighted by Gasteiger charge is 2.30. The summed E-state index contributed by atoms with van der Waals surface area (Å²) >= 11 is 0. The van der Waals surface area contributed by atoms with Gasteiger partial charge in [0, 0.05) is 12.6 Å². The van der Waals surface area contributed by atoms with Crippen molar-refractivity contribution in [1.82, 2.24) is 10.6 Å². The van der Waals surface area contributed by atoms with Gasteiger partial charge in [-0.15, -0.1) is 24.0 Å². The molecule has 2 unspecified atom stereocenters. The Labute approximate surface area is 203 Å². The zero-order chi connectivity index (χ0) is 23.0. The molecule has 6 nitrogen and oxygen atoms in total. The van der Waals surface area contributed by atoms with Crippen molar-refractivity contribution in [3.05, 3.63) is 59.2 Å². The topological polar surface area (TPSA) is 75.1 Å². The van der Waals surface area contributed by atoms with Crippen LogP contribution in [0, 0.1) is 0 Å². The van der Waals surface area contributed by atoms with Gasteiger partial charge < -0.3 is 25.2 Å². The highest BCUT2D eigenvalue weighted by Crippen LogP contribution is 2.31. The van der Waals surface area contributed by atoms with Gasteiger partial charge in [0.05, 0.1) is 38.5 Å². The Hall–Kier alpha value is -2.21. The third-order valence-corrected chi connectivity index (χ3v) is 4.59. The van der Waals surface area contributed by atoms with E-state index < -0.39 is 23.9 Å². The summed E-state index contributed by atoms with van der Waals surface area (Å²) in [7, 11) is 3.04. The van der Waals surface area contributed by atoms with Gasteiger partial charge in [-0.05, 0) is 49.2 Å². The van der Waals surface area contributed by atoms with Crippen molar-refractivity contribution in [2.45, 2.75) is 32.2 Å². The van der Waals surface area contributed by atoms with Gasteiger partial charge in [-0.3, -0.25) is 4.99 Å². The number of ether oxygens (including phenoxy) is 2. The summed E-state index contributed by atoms with van der Waals surface area (Å²) in [6, 6.07) is 9.78. The van der Waals surface area contributed by atoms with E-state index in [-0.39, 0.29) is 30.5 Å². The molecule has 0 radical (unpaired) electrons. The summed E-state index contributed by atoms with van der Waals surface area (Å²) in [5.74, 6) is 1.46. The van der Waals surface area contributed by atoms with E-state index in [9.17, 15) is 18.3 Å². The smallest absolute Gasteiger partial charge is 0.416 e. The van der Waals surface area contributed by atoms with Crippen LogP contribution in [-0.4, -0.2) is 38.4 Å². The fourth-order valence-electron chi connectivity index (χ4n) is 2.90. The van der Waals surface area contributed by atoms with Crippen LogP contribution >= 0.6 is 24.0 Å². The van der Waals surface area contributed by atoms with Crippen molar-refractivity contribution in [2.24, 2.45) is 4.99 Å². The first kappa shape index (κ1) is 27.8. The first-order valence-corrected chi connectivity index (χ1v) is 9.81. The highest BCUT2D eigenvalue weighted by atomic mass is 127. The molecule has 0 fully saturated rings. The van der Waals surface area contributed by atoms with Crippen molar-refractivity contribution in [1.29, 1.82) is 0 Å². The molecule has 2 aromatic carbocycles. The number of nitrogens with one attached hydrogen (secondary N) is 2. The van der Waals surface area contributed by atoms with Gasteiger partial charge in [0.25, 0.3) is 0 Å². The molecule has 2 rings (SSSR count). The minimum atomic E-state index is -4.41. The average molecular weight is 567 g/mol.